The Hall–Kier alpha value is -6.47. The minimum absolute atomic E-state index is 0.00332. The summed E-state index contributed by atoms with van der Waals surface area (Å²) in [6, 6.07) is 37.5. The van der Waals surface area contributed by atoms with Gasteiger partial charge in [-0.05, 0) is 111 Å². The van der Waals surface area contributed by atoms with Crippen molar-refractivity contribution in [2.75, 3.05) is 24.8 Å². The molecule has 1 atom stereocenters. The third kappa shape index (κ3) is 11.5. The number of anilines is 1. The predicted octanol–water partition coefficient (Wildman–Crippen LogP) is 8.67. The van der Waals surface area contributed by atoms with Crippen molar-refractivity contribution in [2.45, 2.75) is 70.6 Å². The summed E-state index contributed by atoms with van der Waals surface area (Å²) in [5, 5.41) is 22.3. The molecule has 1 aliphatic heterocycles. The standard InChI is InChI=1S/C21H23NO3.C19H19NO3.C11H10O3S/c1-15-20(24)18-7-2-3-8-19(18)25-21(15)22-14-17-11-9-16(10-12-17)6-4-5-13-23;21-12-4-3-5-14-8-10-15(11-9-14)13-20-18(22)16-6-1-2-7-17(16)19(20)23;1-7-10(12)8-5-3-4-6-9(8)14-11(7)15(2)13/h2-3,7-12,22-23H,4-6,13-14H2,1H3;1-2,6-11,21H,3-5,12-13H2;3-6H,1-2H3. The lowest BCUT2D eigenvalue weighted by molar-refractivity contribution is 0.0642. The second-order valence-electron chi connectivity index (χ2n) is 15.3. The van der Waals surface area contributed by atoms with Crippen LogP contribution in [0.2, 0.25) is 0 Å². The first kappa shape index (κ1) is 46.0. The zero-order valence-corrected chi connectivity index (χ0v) is 36.5. The number of unbranched alkanes of at least 4 members (excludes halogenated alkanes) is 2. The molecule has 63 heavy (non-hydrogen) atoms. The number of carbonyl (C=O) groups is 2. The minimum Gasteiger partial charge on any atom is -0.447 e. The summed E-state index contributed by atoms with van der Waals surface area (Å²) in [6.07, 6.45) is 6.99. The van der Waals surface area contributed by atoms with E-state index in [1.165, 1.54) is 22.3 Å². The lowest BCUT2D eigenvalue weighted by Crippen LogP contribution is -2.29. The Labute approximate surface area is 368 Å². The van der Waals surface area contributed by atoms with Gasteiger partial charge in [-0.2, -0.15) is 0 Å². The van der Waals surface area contributed by atoms with Crippen molar-refractivity contribution >= 4 is 50.4 Å². The molecule has 3 heterocycles. The number of carbonyl (C=O) groups excluding carboxylic acids is 2. The molecular weight excluding hydrogens is 817 g/mol. The van der Waals surface area contributed by atoms with Crippen LogP contribution in [0.4, 0.5) is 5.88 Å². The van der Waals surface area contributed by atoms with Crippen molar-refractivity contribution in [3.05, 3.63) is 186 Å². The number of imide groups is 1. The summed E-state index contributed by atoms with van der Waals surface area (Å²) >= 11 is 0. The molecule has 5 aromatic carbocycles. The lowest BCUT2D eigenvalue weighted by Gasteiger charge is -2.14. The number of nitrogens with one attached hydrogen (secondary N) is 1. The topological polar surface area (TPSA) is 167 Å². The van der Waals surface area contributed by atoms with Crippen LogP contribution in [0.15, 0.2) is 145 Å². The Bertz CT molecular complexity index is 2800. The van der Waals surface area contributed by atoms with Crippen molar-refractivity contribution in [3.63, 3.8) is 0 Å². The summed E-state index contributed by atoms with van der Waals surface area (Å²) < 4.78 is 22.6. The molecule has 0 aliphatic carbocycles. The molecular formula is C51H52N2O9S. The highest BCUT2D eigenvalue weighted by Gasteiger charge is 2.34. The van der Waals surface area contributed by atoms with E-state index in [0.717, 1.165) is 49.7 Å². The Balaban J connectivity index is 0.000000162. The third-order valence-electron chi connectivity index (χ3n) is 10.7. The maximum atomic E-state index is 12.4. The molecule has 12 heteroatoms. The summed E-state index contributed by atoms with van der Waals surface area (Å²) in [5.74, 6) is 0.0750. The van der Waals surface area contributed by atoms with Crippen LogP contribution >= 0.6 is 0 Å². The molecule has 1 unspecified atom stereocenters. The van der Waals surface area contributed by atoms with Crippen LogP contribution in [-0.4, -0.2) is 50.6 Å². The van der Waals surface area contributed by atoms with Crippen molar-refractivity contribution < 1.29 is 32.8 Å². The highest BCUT2D eigenvalue weighted by Crippen LogP contribution is 2.25. The number of para-hydroxylation sites is 2. The zero-order valence-electron chi connectivity index (χ0n) is 35.7. The molecule has 2 aromatic heterocycles. The van der Waals surface area contributed by atoms with Crippen LogP contribution in [0, 0.1) is 13.8 Å². The molecule has 11 nitrogen and oxygen atoms in total. The fourth-order valence-electron chi connectivity index (χ4n) is 7.16. The van der Waals surface area contributed by atoms with Gasteiger partial charge in [0.2, 0.25) is 5.88 Å². The molecule has 0 saturated carbocycles. The number of aliphatic hydroxyl groups excluding tert-OH is 2. The molecule has 0 radical (unpaired) electrons. The highest BCUT2D eigenvalue weighted by molar-refractivity contribution is 7.84. The molecule has 0 bridgehead atoms. The van der Waals surface area contributed by atoms with Crippen LogP contribution < -0.4 is 16.2 Å². The van der Waals surface area contributed by atoms with Gasteiger partial charge in [0.25, 0.3) is 11.8 Å². The van der Waals surface area contributed by atoms with Crippen LogP contribution in [-0.2, 0) is 36.7 Å². The predicted molar refractivity (Wildman–Crippen MR) is 248 cm³/mol. The van der Waals surface area contributed by atoms with E-state index in [0.29, 0.717) is 63.2 Å². The zero-order chi connectivity index (χ0) is 44.9. The fraction of sp³-hybridized carbons (Fsp3) is 0.255. The molecule has 8 rings (SSSR count). The maximum Gasteiger partial charge on any atom is 0.261 e. The largest absolute Gasteiger partial charge is 0.447 e. The molecule has 326 valence electrons. The van der Waals surface area contributed by atoms with E-state index < -0.39 is 10.8 Å². The van der Waals surface area contributed by atoms with E-state index >= 15 is 0 Å². The number of aliphatic hydroxyl groups is 2. The molecule has 0 spiro atoms. The van der Waals surface area contributed by atoms with Crippen molar-refractivity contribution in [3.8, 4) is 0 Å². The van der Waals surface area contributed by atoms with Gasteiger partial charge in [0.05, 0.1) is 44.8 Å². The van der Waals surface area contributed by atoms with Crippen molar-refractivity contribution in [1.29, 1.82) is 0 Å². The average Bonchev–Trinajstić information content (AvgIpc) is 3.54. The van der Waals surface area contributed by atoms with E-state index in [1.807, 2.05) is 42.5 Å². The fourth-order valence-corrected chi connectivity index (χ4v) is 7.89. The molecule has 0 saturated heterocycles. The first-order chi connectivity index (χ1) is 30.5. The number of rotatable bonds is 14. The average molecular weight is 869 g/mol. The number of hydrogen-bond acceptors (Lipinski definition) is 10. The van der Waals surface area contributed by atoms with E-state index in [2.05, 4.69) is 29.6 Å². The molecule has 0 fully saturated rings. The van der Waals surface area contributed by atoms with Gasteiger partial charge in [-0.25, -0.2) is 0 Å². The number of nitrogens with zero attached hydrogens (tertiary/aromatic N) is 1. The van der Waals surface area contributed by atoms with Gasteiger partial charge in [0.15, 0.2) is 15.9 Å². The van der Waals surface area contributed by atoms with Gasteiger partial charge in [0, 0.05) is 31.6 Å². The van der Waals surface area contributed by atoms with Crippen LogP contribution in [0.3, 0.4) is 0 Å². The quantitative estimate of drug-likeness (QED) is 0.0711. The third-order valence-corrected chi connectivity index (χ3v) is 11.6. The van der Waals surface area contributed by atoms with Crippen LogP contribution in [0.25, 0.3) is 21.9 Å². The van der Waals surface area contributed by atoms with E-state index in [4.69, 9.17) is 19.0 Å². The number of fused-ring (bicyclic) bond motifs is 3. The highest BCUT2D eigenvalue weighted by atomic mass is 32.2. The first-order valence-corrected chi connectivity index (χ1v) is 22.5. The Morgan fingerprint density at radius 1 is 0.556 bits per heavy atom. The minimum atomic E-state index is -1.27. The first-order valence-electron chi connectivity index (χ1n) is 21.0. The van der Waals surface area contributed by atoms with E-state index in [-0.39, 0.29) is 41.0 Å². The van der Waals surface area contributed by atoms with Gasteiger partial charge in [0.1, 0.15) is 11.2 Å². The normalized spacial score (nSPS) is 12.4. The Morgan fingerprint density at radius 2 is 1.00 bits per heavy atom. The number of benzene rings is 5. The summed E-state index contributed by atoms with van der Waals surface area (Å²) in [6.45, 7) is 4.78. The van der Waals surface area contributed by atoms with Crippen molar-refractivity contribution in [2.24, 2.45) is 0 Å². The monoisotopic (exact) mass is 868 g/mol. The Kier molecular flexibility index (Phi) is 16.1. The summed E-state index contributed by atoms with van der Waals surface area (Å²) in [5.41, 5.74) is 7.50. The van der Waals surface area contributed by atoms with Gasteiger partial charge in [-0.3, -0.25) is 28.3 Å². The van der Waals surface area contributed by atoms with E-state index in [9.17, 15) is 23.4 Å². The maximum absolute atomic E-state index is 12.4. The van der Waals surface area contributed by atoms with Gasteiger partial charge < -0.3 is 24.4 Å². The SMILES string of the molecule is Cc1c(NCc2ccc(CCCCO)cc2)oc2ccccc2c1=O.Cc1c(S(C)=O)oc2ccccc2c1=O.O=C1c2ccccc2C(=O)N1Cc1ccc(CCCCO)cc1. The van der Waals surface area contributed by atoms with Gasteiger partial charge in [-0.1, -0.05) is 84.9 Å². The molecule has 3 N–H and O–H groups in total. The van der Waals surface area contributed by atoms with Crippen LogP contribution in [0.5, 0.6) is 0 Å². The molecule has 1 aliphatic rings. The van der Waals surface area contributed by atoms with Gasteiger partial charge >= 0.3 is 0 Å². The van der Waals surface area contributed by atoms with Crippen LogP contribution in [0.1, 0.15) is 79.8 Å². The van der Waals surface area contributed by atoms with Gasteiger partial charge in [-0.15, -0.1) is 0 Å². The number of amides is 2. The number of hydrogen-bond donors (Lipinski definition) is 3. The molecule has 7 aromatic rings. The summed E-state index contributed by atoms with van der Waals surface area (Å²) in [4.78, 5) is 50.2. The van der Waals surface area contributed by atoms with E-state index in [1.54, 1.807) is 68.4 Å². The Morgan fingerprint density at radius 3 is 1.51 bits per heavy atom. The smallest absolute Gasteiger partial charge is 0.261 e. The number of aryl methyl sites for hydroxylation is 2. The second kappa shape index (κ2) is 22.1. The van der Waals surface area contributed by atoms with Crippen molar-refractivity contribution in [1.82, 2.24) is 4.90 Å². The second-order valence-corrected chi connectivity index (χ2v) is 16.5. The summed E-state index contributed by atoms with van der Waals surface area (Å²) in [7, 11) is -1.27. The molecule has 2 amide bonds. The lowest BCUT2D eigenvalue weighted by atomic mass is 10.1.